The summed E-state index contributed by atoms with van der Waals surface area (Å²) in [5, 5.41) is 3.39. The van der Waals surface area contributed by atoms with Crippen LogP contribution in [0.1, 0.15) is 30.0 Å². The number of hydrogen-bond acceptors (Lipinski definition) is 2. The summed E-state index contributed by atoms with van der Waals surface area (Å²) < 4.78 is 18.9. The maximum Gasteiger partial charge on any atom is 0.130 e. The van der Waals surface area contributed by atoms with E-state index in [4.69, 9.17) is 4.74 Å². The van der Waals surface area contributed by atoms with Crippen LogP contribution in [0, 0.1) is 19.7 Å². The van der Waals surface area contributed by atoms with Crippen molar-refractivity contribution < 1.29 is 9.13 Å². The molecule has 2 aromatic carbocycles. The SMILES string of the molecule is CCCNCc1ccc(Oc2ccc(F)cc2C)cc1C. The molecule has 0 spiro atoms. The van der Waals surface area contributed by atoms with Crippen molar-refractivity contribution in [3.05, 3.63) is 58.9 Å². The van der Waals surface area contributed by atoms with Gasteiger partial charge < -0.3 is 10.1 Å². The van der Waals surface area contributed by atoms with E-state index in [-0.39, 0.29) is 5.82 Å². The molecule has 0 fully saturated rings. The van der Waals surface area contributed by atoms with Crippen molar-refractivity contribution in [1.82, 2.24) is 5.32 Å². The summed E-state index contributed by atoms with van der Waals surface area (Å²) in [6, 6.07) is 10.6. The van der Waals surface area contributed by atoms with Gasteiger partial charge in [0.15, 0.2) is 0 Å². The second-order valence-corrected chi connectivity index (χ2v) is 5.28. The summed E-state index contributed by atoms with van der Waals surface area (Å²) in [7, 11) is 0. The first kappa shape index (κ1) is 15.5. The van der Waals surface area contributed by atoms with Crippen LogP contribution in [0.3, 0.4) is 0 Å². The standard InChI is InChI=1S/C18H22FNO/c1-4-9-20-12-15-5-7-17(11-13(15)2)21-18-8-6-16(19)10-14(18)3/h5-8,10-11,20H,4,9,12H2,1-3H3. The van der Waals surface area contributed by atoms with E-state index in [1.54, 1.807) is 6.07 Å². The van der Waals surface area contributed by atoms with Gasteiger partial charge in [0, 0.05) is 6.54 Å². The topological polar surface area (TPSA) is 21.3 Å². The summed E-state index contributed by atoms with van der Waals surface area (Å²) >= 11 is 0. The van der Waals surface area contributed by atoms with Crippen molar-refractivity contribution in [2.75, 3.05) is 6.54 Å². The largest absolute Gasteiger partial charge is 0.457 e. The lowest BCUT2D eigenvalue weighted by Crippen LogP contribution is -2.14. The van der Waals surface area contributed by atoms with Crippen LogP contribution < -0.4 is 10.1 Å². The molecule has 2 nitrogen and oxygen atoms in total. The molecule has 2 rings (SSSR count). The number of rotatable bonds is 6. The van der Waals surface area contributed by atoms with E-state index in [9.17, 15) is 4.39 Å². The maximum atomic E-state index is 13.1. The molecule has 0 saturated heterocycles. The van der Waals surface area contributed by atoms with Crippen LogP contribution in [-0.4, -0.2) is 6.54 Å². The first-order chi connectivity index (χ1) is 10.1. The summed E-state index contributed by atoms with van der Waals surface area (Å²) in [4.78, 5) is 0. The van der Waals surface area contributed by atoms with Gasteiger partial charge in [-0.2, -0.15) is 0 Å². The first-order valence-corrected chi connectivity index (χ1v) is 7.34. The quantitative estimate of drug-likeness (QED) is 0.775. The minimum atomic E-state index is -0.242. The molecule has 0 bridgehead atoms. The second kappa shape index (κ2) is 7.23. The predicted octanol–water partition coefficient (Wildman–Crippen LogP) is 4.73. The zero-order valence-corrected chi connectivity index (χ0v) is 12.9. The normalized spacial score (nSPS) is 10.7. The smallest absolute Gasteiger partial charge is 0.130 e. The van der Waals surface area contributed by atoms with E-state index in [0.29, 0.717) is 5.75 Å². The molecule has 0 unspecified atom stereocenters. The molecule has 0 radical (unpaired) electrons. The number of halogens is 1. The highest BCUT2D eigenvalue weighted by Crippen LogP contribution is 2.27. The lowest BCUT2D eigenvalue weighted by atomic mass is 10.1. The van der Waals surface area contributed by atoms with Crippen molar-refractivity contribution in [3.63, 3.8) is 0 Å². The summed E-state index contributed by atoms with van der Waals surface area (Å²) in [6.45, 7) is 7.96. The Bertz CT molecular complexity index is 610. The number of benzene rings is 2. The van der Waals surface area contributed by atoms with Crippen LogP contribution in [0.4, 0.5) is 4.39 Å². The molecule has 0 aliphatic heterocycles. The summed E-state index contributed by atoms with van der Waals surface area (Å²) in [6.07, 6.45) is 1.13. The van der Waals surface area contributed by atoms with Crippen molar-refractivity contribution >= 4 is 0 Å². The van der Waals surface area contributed by atoms with Crippen LogP contribution in [0.15, 0.2) is 36.4 Å². The zero-order chi connectivity index (χ0) is 15.2. The van der Waals surface area contributed by atoms with E-state index in [2.05, 4.69) is 25.2 Å². The fraction of sp³-hybridized carbons (Fsp3) is 0.333. The highest BCUT2D eigenvalue weighted by atomic mass is 19.1. The minimum absolute atomic E-state index is 0.242. The Morgan fingerprint density at radius 3 is 2.52 bits per heavy atom. The molecule has 0 amide bonds. The molecule has 0 heterocycles. The van der Waals surface area contributed by atoms with Gasteiger partial charge in [-0.25, -0.2) is 4.39 Å². The molecule has 112 valence electrons. The molecule has 3 heteroatoms. The van der Waals surface area contributed by atoms with Gasteiger partial charge in [-0.1, -0.05) is 13.0 Å². The van der Waals surface area contributed by atoms with Gasteiger partial charge in [-0.3, -0.25) is 0 Å². The highest BCUT2D eigenvalue weighted by Gasteiger charge is 2.05. The van der Waals surface area contributed by atoms with Crippen LogP contribution in [-0.2, 0) is 6.54 Å². The molecule has 2 aromatic rings. The Hall–Kier alpha value is -1.87. The van der Waals surface area contributed by atoms with Crippen LogP contribution in [0.25, 0.3) is 0 Å². The van der Waals surface area contributed by atoms with E-state index in [1.807, 2.05) is 19.1 Å². The number of hydrogen-bond donors (Lipinski definition) is 1. The van der Waals surface area contributed by atoms with Gasteiger partial charge in [0.2, 0.25) is 0 Å². The molecule has 1 N–H and O–H groups in total. The van der Waals surface area contributed by atoms with Crippen molar-refractivity contribution in [2.24, 2.45) is 0 Å². The fourth-order valence-electron chi connectivity index (χ4n) is 2.18. The van der Waals surface area contributed by atoms with Gasteiger partial charge in [0.05, 0.1) is 0 Å². The third kappa shape index (κ3) is 4.30. The maximum absolute atomic E-state index is 13.1. The van der Waals surface area contributed by atoms with E-state index >= 15 is 0 Å². The molecular weight excluding hydrogens is 265 g/mol. The Labute approximate surface area is 126 Å². The molecule has 0 saturated carbocycles. The zero-order valence-electron chi connectivity index (χ0n) is 12.9. The van der Waals surface area contributed by atoms with Crippen LogP contribution >= 0.6 is 0 Å². The van der Waals surface area contributed by atoms with Crippen molar-refractivity contribution in [2.45, 2.75) is 33.7 Å². The predicted molar refractivity (Wildman–Crippen MR) is 84.4 cm³/mol. The molecule has 21 heavy (non-hydrogen) atoms. The third-order valence-electron chi connectivity index (χ3n) is 3.42. The van der Waals surface area contributed by atoms with E-state index in [1.165, 1.54) is 23.3 Å². The molecule has 0 aliphatic carbocycles. The average molecular weight is 287 g/mol. The number of aryl methyl sites for hydroxylation is 2. The first-order valence-electron chi connectivity index (χ1n) is 7.34. The van der Waals surface area contributed by atoms with Gasteiger partial charge in [0.1, 0.15) is 17.3 Å². The van der Waals surface area contributed by atoms with Gasteiger partial charge in [0.25, 0.3) is 0 Å². The van der Waals surface area contributed by atoms with E-state index in [0.717, 1.165) is 30.8 Å². The number of nitrogens with one attached hydrogen (secondary N) is 1. The van der Waals surface area contributed by atoms with Crippen LogP contribution in [0.2, 0.25) is 0 Å². The Kier molecular flexibility index (Phi) is 5.34. The lowest BCUT2D eigenvalue weighted by Gasteiger charge is -2.12. The minimum Gasteiger partial charge on any atom is -0.457 e. The Morgan fingerprint density at radius 2 is 1.86 bits per heavy atom. The molecule has 0 aromatic heterocycles. The molecule has 0 atom stereocenters. The van der Waals surface area contributed by atoms with Crippen molar-refractivity contribution in [1.29, 1.82) is 0 Å². The molecular formula is C18H22FNO. The third-order valence-corrected chi connectivity index (χ3v) is 3.42. The molecule has 0 aliphatic rings. The van der Waals surface area contributed by atoms with E-state index < -0.39 is 0 Å². The summed E-state index contributed by atoms with van der Waals surface area (Å²) in [5.41, 5.74) is 3.25. The van der Waals surface area contributed by atoms with Crippen molar-refractivity contribution in [3.8, 4) is 11.5 Å². The monoisotopic (exact) mass is 287 g/mol. The lowest BCUT2D eigenvalue weighted by molar-refractivity contribution is 0.475. The Balaban J connectivity index is 2.09. The highest BCUT2D eigenvalue weighted by molar-refractivity contribution is 5.40. The number of ether oxygens (including phenoxy) is 1. The van der Waals surface area contributed by atoms with Gasteiger partial charge >= 0.3 is 0 Å². The van der Waals surface area contributed by atoms with Crippen LogP contribution in [0.5, 0.6) is 11.5 Å². The summed E-state index contributed by atoms with van der Waals surface area (Å²) in [5.74, 6) is 1.22. The average Bonchev–Trinajstić information content (AvgIpc) is 2.44. The van der Waals surface area contributed by atoms with Gasteiger partial charge in [-0.15, -0.1) is 0 Å². The second-order valence-electron chi connectivity index (χ2n) is 5.28. The van der Waals surface area contributed by atoms with Gasteiger partial charge in [-0.05, 0) is 73.8 Å². The fourth-order valence-corrected chi connectivity index (χ4v) is 2.18. The Morgan fingerprint density at radius 1 is 1.05 bits per heavy atom.